The van der Waals surface area contributed by atoms with E-state index >= 15 is 0 Å². The maximum atomic E-state index is 9.93. The molecule has 4 heteroatoms. The second kappa shape index (κ2) is 4.33. The first-order valence-corrected chi connectivity index (χ1v) is 4.46. The molecule has 0 aliphatic rings. The van der Waals surface area contributed by atoms with Crippen molar-refractivity contribution in [2.24, 2.45) is 5.92 Å². The van der Waals surface area contributed by atoms with Gasteiger partial charge in [0, 0.05) is 0 Å². The van der Waals surface area contributed by atoms with Crippen molar-refractivity contribution in [1.29, 1.82) is 0 Å². The Labute approximate surface area is 55.8 Å². The first-order chi connectivity index (χ1) is 3.63. The van der Waals surface area contributed by atoms with Crippen LogP contribution >= 0.6 is 0 Å². The standard InChI is InChI=1S/C4H9O.H2O.O.Ti/c1-4(2)3-5;;;/h4H,3H2,1-2H3;1H2;;/q-1;;;+2/p-1. The predicted molar refractivity (Wildman–Crippen MR) is 23.7 cm³/mol. The van der Waals surface area contributed by atoms with Gasteiger partial charge in [-0.15, -0.1) is 0 Å². The van der Waals surface area contributed by atoms with Crippen LogP contribution in [0.2, 0.25) is 0 Å². The van der Waals surface area contributed by atoms with Gasteiger partial charge < -0.3 is 0 Å². The third-order valence-electron chi connectivity index (χ3n) is 0.540. The van der Waals surface area contributed by atoms with Crippen molar-refractivity contribution in [1.82, 2.24) is 0 Å². The average Bonchev–Trinajstić information content (AvgIpc) is 1.61. The van der Waals surface area contributed by atoms with Crippen molar-refractivity contribution in [3.63, 3.8) is 0 Å². The fourth-order valence-electron chi connectivity index (χ4n) is 0.238. The summed E-state index contributed by atoms with van der Waals surface area (Å²) < 4.78 is 22.6. The van der Waals surface area contributed by atoms with E-state index in [4.69, 9.17) is 3.69 Å². The van der Waals surface area contributed by atoms with Gasteiger partial charge in [-0.05, 0) is 0 Å². The summed E-state index contributed by atoms with van der Waals surface area (Å²) in [7, 11) is 0. The molecule has 0 aromatic carbocycles. The van der Waals surface area contributed by atoms with E-state index in [1.807, 2.05) is 13.8 Å². The van der Waals surface area contributed by atoms with Gasteiger partial charge >= 0.3 is 55.3 Å². The molecule has 0 unspecified atom stereocenters. The summed E-state index contributed by atoms with van der Waals surface area (Å²) in [6.07, 6.45) is 0. The Morgan fingerprint density at radius 1 is 1.75 bits per heavy atom. The Hall–Kier alpha value is 0.434. The molecule has 0 saturated heterocycles. The summed E-state index contributed by atoms with van der Waals surface area (Å²) >= 11 is -3.20. The molecular weight excluding hydrogens is 144 g/mol. The predicted octanol–water partition coefficient (Wildman–Crippen LogP) is 0.445. The molecule has 0 aliphatic heterocycles. The summed E-state index contributed by atoms with van der Waals surface area (Å²) in [5, 5.41) is 0. The van der Waals surface area contributed by atoms with Gasteiger partial charge in [0.2, 0.25) is 0 Å². The summed E-state index contributed by atoms with van der Waals surface area (Å²) in [5.41, 5.74) is 0. The topological polar surface area (TPSA) is 46.5 Å². The zero-order chi connectivity index (χ0) is 6.57. The van der Waals surface area contributed by atoms with Gasteiger partial charge in [-0.25, -0.2) is 0 Å². The molecule has 0 bridgehead atoms. The molecule has 0 spiro atoms. The fraction of sp³-hybridized carbons (Fsp3) is 1.00. The van der Waals surface area contributed by atoms with Crippen LogP contribution in [-0.2, 0) is 25.3 Å². The van der Waals surface area contributed by atoms with Crippen molar-refractivity contribution in [3.8, 4) is 0 Å². The Morgan fingerprint density at radius 3 is 2.38 bits per heavy atom. The molecule has 3 nitrogen and oxygen atoms in total. The van der Waals surface area contributed by atoms with Crippen molar-refractivity contribution in [3.05, 3.63) is 0 Å². The van der Waals surface area contributed by atoms with E-state index in [0.29, 0.717) is 12.5 Å². The van der Waals surface area contributed by atoms with E-state index in [1.165, 1.54) is 0 Å². The van der Waals surface area contributed by atoms with Gasteiger partial charge in [-0.1, -0.05) is 0 Å². The molecule has 8 heavy (non-hydrogen) atoms. The molecule has 0 heterocycles. The Bertz CT molecular complexity index is 81.4. The van der Waals surface area contributed by atoms with E-state index in [9.17, 15) is 3.32 Å². The molecule has 0 aliphatic carbocycles. The molecule has 0 radical (unpaired) electrons. The minimum atomic E-state index is -3.20. The van der Waals surface area contributed by atoms with Crippen LogP contribution in [0.25, 0.3) is 0 Å². The molecule has 0 amide bonds. The molecule has 0 aromatic heterocycles. The van der Waals surface area contributed by atoms with Crippen LogP contribution < -0.4 is 0 Å². The van der Waals surface area contributed by atoms with Crippen molar-refractivity contribution < 1.29 is 28.9 Å². The summed E-state index contributed by atoms with van der Waals surface area (Å²) in [5.74, 6) is 0.346. The first-order valence-electron chi connectivity index (χ1n) is 2.48. The molecule has 48 valence electrons. The van der Waals surface area contributed by atoms with Gasteiger partial charge in [0.25, 0.3) is 0 Å². The van der Waals surface area contributed by atoms with E-state index < -0.39 is 18.6 Å². The van der Waals surface area contributed by atoms with Crippen molar-refractivity contribution in [2.45, 2.75) is 13.8 Å². The zero-order valence-electron chi connectivity index (χ0n) is 5.05. The third kappa shape index (κ3) is 6.43. The quantitative estimate of drug-likeness (QED) is 0.600. The van der Waals surface area contributed by atoms with Crippen molar-refractivity contribution in [2.75, 3.05) is 6.61 Å². The first kappa shape index (κ1) is 8.43. The average molecular weight is 154 g/mol. The Morgan fingerprint density at radius 2 is 2.25 bits per heavy atom. The number of rotatable bonds is 3. The van der Waals surface area contributed by atoms with Crippen LogP contribution in [-0.4, -0.2) is 10.3 Å². The second-order valence-corrected chi connectivity index (χ2v) is 3.25. The van der Waals surface area contributed by atoms with Crippen LogP contribution in [0.3, 0.4) is 0 Å². The van der Waals surface area contributed by atoms with Crippen LogP contribution in [0.5, 0.6) is 0 Å². The summed E-state index contributed by atoms with van der Waals surface area (Å²) in [6, 6.07) is 0. The van der Waals surface area contributed by atoms with Gasteiger partial charge in [0.15, 0.2) is 0 Å². The number of hydrogen-bond acceptors (Lipinski definition) is 2. The summed E-state index contributed by atoms with van der Waals surface area (Å²) in [6.45, 7) is 4.26. The van der Waals surface area contributed by atoms with Crippen LogP contribution in [0, 0.1) is 5.92 Å². The van der Waals surface area contributed by atoms with E-state index in [1.54, 1.807) is 0 Å². The van der Waals surface area contributed by atoms with Crippen molar-refractivity contribution >= 4 is 0 Å². The van der Waals surface area contributed by atoms with E-state index in [-0.39, 0.29) is 0 Å². The van der Waals surface area contributed by atoms with Gasteiger partial charge in [0.05, 0.1) is 0 Å². The molecule has 0 aromatic rings. The summed E-state index contributed by atoms with van der Waals surface area (Å²) in [4.78, 5) is 0. The fourth-order valence-corrected chi connectivity index (χ4v) is 0.981. The minimum absolute atomic E-state index is 0.346. The Balaban J connectivity index is 3.05. The SMILES string of the molecule is CC(C)C[O][Ti](=[O])[OH]. The molecule has 0 saturated carbocycles. The maximum absolute atomic E-state index is 9.93. The molecule has 0 rings (SSSR count). The Kier molecular flexibility index (Phi) is 4.56. The van der Waals surface area contributed by atoms with Crippen LogP contribution in [0.1, 0.15) is 13.8 Å². The van der Waals surface area contributed by atoms with Gasteiger partial charge in [-0.3, -0.25) is 0 Å². The normalized spacial score (nSPS) is 10.0. The van der Waals surface area contributed by atoms with E-state index in [0.717, 1.165) is 0 Å². The van der Waals surface area contributed by atoms with Crippen LogP contribution in [0.4, 0.5) is 0 Å². The molecule has 0 fully saturated rings. The monoisotopic (exact) mass is 154 g/mol. The van der Waals surface area contributed by atoms with Crippen LogP contribution in [0.15, 0.2) is 0 Å². The molecule has 1 N–H and O–H groups in total. The van der Waals surface area contributed by atoms with Gasteiger partial charge in [0.1, 0.15) is 0 Å². The second-order valence-electron chi connectivity index (χ2n) is 1.97. The molecular formula is C4H10O3Ti. The zero-order valence-corrected chi connectivity index (χ0v) is 6.61. The molecule has 0 atom stereocenters. The number of hydrogen-bond donors (Lipinski definition) is 1. The van der Waals surface area contributed by atoms with Gasteiger partial charge in [-0.2, -0.15) is 0 Å². The van der Waals surface area contributed by atoms with E-state index in [2.05, 4.69) is 3.32 Å². The third-order valence-corrected chi connectivity index (χ3v) is 1.19.